The lowest BCUT2D eigenvalue weighted by molar-refractivity contribution is -0.146. The van der Waals surface area contributed by atoms with E-state index in [0.29, 0.717) is 26.1 Å². The lowest BCUT2D eigenvalue weighted by Gasteiger charge is -2.41. The van der Waals surface area contributed by atoms with E-state index in [9.17, 15) is 19.5 Å². The standard InChI is InChI=1S/C29H37N3O4S/c1-27(2,3)32-17-9-14-29-22(25(35)31(16-10-18-33)23(29)26(32)36)21-24(34)30(15-8-13-28(21,4)37-29)19-20-11-6-5-7-12-20/h5-9,11-14,21-23,33H,10,15-19H2,1-4H3/t21-,22+,23?,28+,29+/m1/s1. The first-order valence-electron chi connectivity index (χ1n) is 13.1. The molecular formula is C29H37N3O4S. The second kappa shape index (κ2) is 9.31. The number of fused-ring (bicyclic) bond motifs is 2. The Labute approximate surface area is 223 Å². The number of hydrogen-bond acceptors (Lipinski definition) is 5. The van der Waals surface area contributed by atoms with Crippen molar-refractivity contribution in [2.75, 3.05) is 26.2 Å². The van der Waals surface area contributed by atoms with E-state index in [1.165, 1.54) is 0 Å². The molecule has 5 rings (SSSR count). The molecule has 4 aliphatic heterocycles. The number of benzene rings is 1. The first-order chi connectivity index (χ1) is 17.5. The Kier molecular flexibility index (Phi) is 6.55. The van der Waals surface area contributed by atoms with Gasteiger partial charge in [0.1, 0.15) is 6.04 Å². The number of rotatable bonds is 5. The molecule has 198 valence electrons. The monoisotopic (exact) mass is 523 g/mol. The summed E-state index contributed by atoms with van der Waals surface area (Å²) in [5.41, 5.74) is 0.620. The Bertz CT molecular complexity index is 1150. The van der Waals surface area contributed by atoms with Gasteiger partial charge in [-0.3, -0.25) is 14.4 Å². The third kappa shape index (κ3) is 4.13. The summed E-state index contributed by atoms with van der Waals surface area (Å²) < 4.78 is -1.47. The molecule has 37 heavy (non-hydrogen) atoms. The molecular weight excluding hydrogens is 486 g/mol. The average Bonchev–Trinajstić information content (AvgIpc) is 3.10. The lowest BCUT2D eigenvalue weighted by Crippen LogP contribution is -2.57. The zero-order chi connectivity index (χ0) is 26.6. The third-order valence-electron chi connectivity index (χ3n) is 8.22. The van der Waals surface area contributed by atoms with E-state index in [2.05, 4.69) is 12.2 Å². The largest absolute Gasteiger partial charge is 0.396 e. The van der Waals surface area contributed by atoms with Crippen LogP contribution in [0.25, 0.3) is 0 Å². The van der Waals surface area contributed by atoms with Gasteiger partial charge in [-0.05, 0) is 39.7 Å². The third-order valence-corrected chi connectivity index (χ3v) is 10.0. The predicted molar refractivity (Wildman–Crippen MR) is 145 cm³/mol. The molecule has 0 saturated carbocycles. The van der Waals surface area contributed by atoms with Crippen molar-refractivity contribution < 1.29 is 19.5 Å². The Balaban J connectivity index is 1.59. The molecule has 1 aromatic carbocycles. The molecule has 1 spiro atoms. The first-order valence-corrected chi connectivity index (χ1v) is 14.0. The van der Waals surface area contributed by atoms with E-state index in [1.807, 2.05) is 80.0 Å². The minimum absolute atomic E-state index is 0.0420. The topological polar surface area (TPSA) is 81.2 Å². The molecule has 0 aromatic heterocycles. The van der Waals surface area contributed by atoms with Gasteiger partial charge in [0.2, 0.25) is 17.7 Å². The zero-order valence-electron chi connectivity index (χ0n) is 22.1. The smallest absolute Gasteiger partial charge is 0.247 e. The van der Waals surface area contributed by atoms with Crippen LogP contribution in [-0.4, -0.2) is 84.8 Å². The molecule has 7 nitrogen and oxygen atoms in total. The van der Waals surface area contributed by atoms with Gasteiger partial charge in [-0.2, -0.15) is 0 Å². The summed E-state index contributed by atoms with van der Waals surface area (Å²) in [4.78, 5) is 48.0. The maximum atomic E-state index is 14.3. The zero-order valence-corrected chi connectivity index (χ0v) is 22.9. The summed E-state index contributed by atoms with van der Waals surface area (Å²) in [6.45, 7) is 9.69. The maximum Gasteiger partial charge on any atom is 0.247 e. The number of carbonyl (C=O) groups excluding carboxylic acids is 3. The van der Waals surface area contributed by atoms with E-state index in [-0.39, 0.29) is 30.9 Å². The van der Waals surface area contributed by atoms with Crippen molar-refractivity contribution in [3.05, 3.63) is 60.2 Å². The number of likely N-dealkylation sites (tertiary alicyclic amines) is 1. The Morgan fingerprint density at radius 3 is 2.35 bits per heavy atom. The van der Waals surface area contributed by atoms with Gasteiger partial charge in [-0.25, -0.2) is 0 Å². The summed E-state index contributed by atoms with van der Waals surface area (Å²) in [6.07, 6.45) is 8.58. The van der Waals surface area contributed by atoms with E-state index in [0.717, 1.165) is 5.56 Å². The summed E-state index contributed by atoms with van der Waals surface area (Å²) in [5.74, 6) is -1.53. The molecule has 2 fully saturated rings. The SMILES string of the molecule is CC(C)(C)N1CC=C[C@]23S[C@@]4(C)C=CCN(Cc5ccccc5)C(=O)[C@H]4[C@H]2C(=O)N(CCCO)C3C1=O. The minimum atomic E-state index is -0.848. The highest BCUT2D eigenvalue weighted by atomic mass is 32.2. The van der Waals surface area contributed by atoms with Gasteiger partial charge in [0.15, 0.2) is 0 Å². The van der Waals surface area contributed by atoms with Crippen molar-refractivity contribution in [1.29, 1.82) is 0 Å². The lowest BCUT2D eigenvalue weighted by atomic mass is 9.74. The summed E-state index contributed by atoms with van der Waals surface area (Å²) in [5, 5.41) is 9.57. The molecule has 8 heteroatoms. The number of aliphatic hydroxyl groups excluding tert-OH is 1. The van der Waals surface area contributed by atoms with E-state index < -0.39 is 32.9 Å². The fourth-order valence-corrected chi connectivity index (χ4v) is 8.76. The predicted octanol–water partition coefficient (Wildman–Crippen LogP) is 2.85. The van der Waals surface area contributed by atoms with Crippen molar-refractivity contribution in [3.8, 4) is 0 Å². The maximum absolute atomic E-state index is 14.3. The van der Waals surface area contributed by atoms with Gasteiger partial charge in [0, 0.05) is 43.1 Å². The van der Waals surface area contributed by atoms with Gasteiger partial charge in [0.25, 0.3) is 0 Å². The van der Waals surface area contributed by atoms with Crippen LogP contribution in [0, 0.1) is 11.8 Å². The molecule has 0 bridgehead atoms. The van der Waals surface area contributed by atoms with Crippen LogP contribution in [0.15, 0.2) is 54.6 Å². The molecule has 3 amide bonds. The number of aliphatic hydroxyl groups is 1. The van der Waals surface area contributed by atoms with Gasteiger partial charge in [-0.1, -0.05) is 54.6 Å². The number of hydrogen-bond donors (Lipinski definition) is 1. The minimum Gasteiger partial charge on any atom is -0.396 e. The van der Waals surface area contributed by atoms with Crippen molar-refractivity contribution in [1.82, 2.24) is 14.7 Å². The molecule has 4 aliphatic rings. The van der Waals surface area contributed by atoms with Crippen LogP contribution in [0.4, 0.5) is 0 Å². The van der Waals surface area contributed by atoms with Crippen LogP contribution >= 0.6 is 11.8 Å². The van der Waals surface area contributed by atoms with Crippen LogP contribution in [0.3, 0.4) is 0 Å². The van der Waals surface area contributed by atoms with Crippen molar-refractivity contribution >= 4 is 29.5 Å². The van der Waals surface area contributed by atoms with Gasteiger partial charge < -0.3 is 19.8 Å². The molecule has 1 N–H and O–H groups in total. The first kappa shape index (κ1) is 26.0. The molecule has 0 aliphatic carbocycles. The van der Waals surface area contributed by atoms with Gasteiger partial charge in [0.05, 0.1) is 16.6 Å². The van der Waals surface area contributed by atoms with E-state index in [1.54, 1.807) is 16.7 Å². The van der Waals surface area contributed by atoms with Crippen LogP contribution in [0.5, 0.6) is 0 Å². The van der Waals surface area contributed by atoms with Crippen LogP contribution in [-0.2, 0) is 20.9 Å². The number of nitrogens with zero attached hydrogens (tertiary/aromatic N) is 3. The number of thioether (sulfide) groups is 1. The number of carbonyl (C=O) groups is 3. The fraction of sp³-hybridized carbons (Fsp3) is 0.552. The Morgan fingerprint density at radius 2 is 1.68 bits per heavy atom. The molecule has 0 radical (unpaired) electrons. The normalized spacial score (nSPS) is 33.4. The molecule has 1 unspecified atom stereocenters. The molecule has 1 aromatic rings. The van der Waals surface area contributed by atoms with Gasteiger partial charge >= 0.3 is 0 Å². The van der Waals surface area contributed by atoms with Crippen molar-refractivity contribution in [2.24, 2.45) is 11.8 Å². The van der Waals surface area contributed by atoms with Crippen LogP contribution in [0.2, 0.25) is 0 Å². The van der Waals surface area contributed by atoms with E-state index >= 15 is 0 Å². The molecule has 2 saturated heterocycles. The van der Waals surface area contributed by atoms with Crippen molar-refractivity contribution in [2.45, 2.75) is 61.7 Å². The van der Waals surface area contributed by atoms with Crippen LogP contribution in [0.1, 0.15) is 39.7 Å². The van der Waals surface area contributed by atoms with Gasteiger partial charge in [-0.15, -0.1) is 11.8 Å². The second-order valence-electron chi connectivity index (χ2n) is 11.7. The van der Waals surface area contributed by atoms with E-state index in [4.69, 9.17) is 0 Å². The fourth-order valence-electron chi connectivity index (χ4n) is 6.60. The quantitative estimate of drug-likeness (QED) is 0.601. The Morgan fingerprint density at radius 1 is 0.973 bits per heavy atom. The average molecular weight is 524 g/mol. The van der Waals surface area contributed by atoms with Crippen LogP contribution < -0.4 is 0 Å². The summed E-state index contributed by atoms with van der Waals surface area (Å²) >= 11 is 1.60. The summed E-state index contributed by atoms with van der Waals surface area (Å²) in [6, 6.07) is 9.18. The second-order valence-corrected chi connectivity index (χ2v) is 13.5. The summed E-state index contributed by atoms with van der Waals surface area (Å²) in [7, 11) is 0. The van der Waals surface area contributed by atoms with Crippen molar-refractivity contribution in [3.63, 3.8) is 0 Å². The number of amides is 3. The Hall–Kier alpha value is -2.58. The molecule has 5 atom stereocenters. The highest BCUT2D eigenvalue weighted by Crippen LogP contribution is 2.65. The molecule has 4 heterocycles. The highest BCUT2D eigenvalue weighted by Gasteiger charge is 2.74. The highest BCUT2D eigenvalue weighted by molar-refractivity contribution is 8.02.